The van der Waals surface area contributed by atoms with Crippen LogP contribution in [-0.4, -0.2) is 52.1 Å². The van der Waals surface area contributed by atoms with Crippen molar-refractivity contribution in [2.75, 3.05) is 35.2 Å². The van der Waals surface area contributed by atoms with Gasteiger partial charge in [0.05, 0.1) is 5.56 Å². The molecule has 0 aliphatic carbocycles. The van der Waals surface area contributed by atoms with Gasteiger partial charge in [-0.2, -0.15) is 0 Å². The van der Waals surface area contributed by atoms with Crippen LogP contribution < -0.4 is 15.5 Å². The van der Waals surface area contributed by atoms with E-state index in [2.05, 4.69) is 45.4 Å². The Labute approximate surface area is 242 Å². The molecule has 2 amide bonds. The molecule has 0 radical (unpaired) electrons. The van der Waals surface area contributed by atoms with Crippen molar-refractivity contribution >= 4 is 29.3 Å². The summed E-state index contributed by atoms with van der Waals surface area (Å²) < 4.78 is 5.64. The van der Waals surface area contributed by atoms with E-state index in [1.807, 2.05) is 51.2 Å². The number of rotatable bonds is 6. The lowest BCUT2D eigenvalue weighted by atomic mass is 9.78. The first-order chi connectivity index (χ1) is 19.5. The number of pyridine rings is 2. The van der Waals surface area contributed by atoms with E-state index in [0.29, 0.717) is 36.7 Å². The predicted molar refractivity (Wildman–Crippen MR) is 161 cm³/mol. The highest BCUT2D eigenvalue weighted by Crippen LogP contribution is 2.35. The third-order valence-corrected chi connectivity index (χ3v) is 7.44. The van der Waals surface area contributed by atoms with Crippen molar-refractivity contribution < 1.29 is 14.3 Å². The maximum atomic E-state index is 13.4. The van der Waals surface area contributed by atoms with Gasteiger partial charge in [0, 0.05) is 56.2 Å². The van der Waals surface area contributed by atoms with Crippen LogP contribution >= 0.6 is 0 Å². The van der Waals surface area contributed by atoms with Crippen LogP contribution in [0.3, 0.4) is 0 Å². The van der Waals surface area contributed by atoms with Gasteiger partial charge < -0.3 is 25.2 Å². The van der Waals surface area contributed by atoms with Gasteiger partial charge in [0.2, 0.25) is 0 Å². The lowest BCUT2D eigenvalue weighted by Gasteiger charge is -2.40. The van der Waals surface area contributed by atoms with Gasteiger partial charge in [0.1, 0.15) is 17.2 Å². The number of hydrogen-bond donors (Lipinski definition) is 2. The smallest absolute Gasteiger partial charge is 0.410 e. The molecule has 2 aliphatic rings. The largest absolute Gasteiger partial charge is 0.444 e. The summed E-state index contributed by atoms with van der Waals surface area (Å²) in [5.74, 6) is 1.24. The minimum absolute atomic E-state index is 0.255. The van der Waals surface area contributed by atoms with Crippen molar-refractivity contribution in [1.82, 2.24) is 14.9 Å². The minimum atomic E-state index is -0.569. The molecule has 1 saturated heterocycles. The zero-order valence-corrected chi connectivity index (χ0v) is 24.7. The molecule has 2 N–H and O–H groups in total. The molecule has 1 fully saturated rings. The molecule has 2 aromatic heterocycles. The molecular weight excluding hydrogens is 516 g/mol. The van der Waals surface area contributed by atoms with Crippen LogP contribution in [0.2, 0.25) is 0 Å². The third-order valence-electron chi connectivity index (χ3n) is 7.44. The summed E-state index contributed by atoms with van der Waals surface area (Å²) in [5.41, 5.74) is 3.51. The molecule has 9 nitrogen and oxygen atoms in total. The van der Waals surface area contributed by atoms with Crippen molar-refractivity contribution in [2.24, 2.45) is 0 Å². The number of nitrogens with one attached hydrogen (secondary N) is 2. The summed E-state index contributed by atoms with van der Waals surface area (Å²) >= 11 is 0. The Morgan fingerprint density at radius 3 is 2.56 bits per heavy atom. The summed E-state index contributed by atoms with van der Waals surface area (Å²) in [6, 6.07) is 13.5. The third kappa shape index (κ3) is 6.78. The van der Waals surface area contributed by atoms with E-state index in [9.17, 15) is 9.59 Å². The number of amides is 2. The van der Waals surface area contributed by atoms with Gasteiger partial charge in [-0.05, 0) is 86.7 Å². The normalized spacial score (nSPS) is 16.2. The highest BCUT2D eigenvalue weighted by Gasteiger charge is 2.36. The van der Waals surface area contributed by atoms with E-state index >= 15 is 0 Å². The Balaban J connectivity index is 1.29. The van der Waals surface area contributed by atoms with Gasteiger partial charge >= 0.3 is 6.09 Å². The highest BCUT2D eigenvalue weighted by atomic mass is 16.6. The van der Waals surface area contributed by atoms with Gasteiger partial charge in [-0.15, -0.1) is 0 Å². The fourth-order valence-electron chi connectivity index (χ4n) is 5.55. The number of anilines is 3. The first kappa shape index (κ1) is 28.4. The second-order valence-corrected chi connectivity index (χ2v) is 12.5. The van der Waals surface area contributed by atoms with Crippen LogP contribution in [-0.2, 0) is 23.2 Å². The average molecular weight is 557 g/mol. The van der Waals surface area contributed by atoms with E-state index in [-0.39, 0.29) is 17.4 Å². The molecule has 2 aliphatic heterocycles. The van der Waals surface area contributed by atoms with Crippen molar-refractivity contribution in [3.8, 4) is 0 Å². The molecular formula is C32H40N6O3. The molecule has 0 atom stereocenters. The van der Waals surface area contributed by atoms with E-state index in [0.717, 1.165) is 35.6 Å². The molecule has 0 spiro atoms. The van der Waals surface area contributed by atoms with Gasteiger partial charge in [-0.3, -0.25) is 4.79 Å². The summed E-state index contributed by atoms with van der Waals surface area (Å²) in [5, 5.41) is 6.37. The highest BCUT2D eigenvalue weighted by molar-refractivity contribution is 6.07. The lowest BCUT2D eigenvalue weighted by Crippen LogP contribution is -2.46. The minimum Gasteiger partial charge on any atom is -0.444 e. The number of ether oxygens (including phenoxy) is 1. The number of benzene rings is 1. The fraction of sp³-hybridized carbons (Fsp3) is 0.438. The molecule has 216 valence electrons. The Morgan fingerprint density at radius 1 is 1.02 bits per heavy atom. The van der Waals surface area contributed by atoms with Crippen LogP contribution in [0.1, 0.15) is 74.5 Å². The summed E-state index contributed by atoms with van der Waals surface area (Å²) in [4.78, 5) is 39.3. The molecule has 5 rings (SSSR count). The lowest BCUT2D eigenvalue weighted by molar-refractivity contribution is 0.0174. The van der Waals surface area contributed by atoms with Crippen LogP contribution in [0.4, 0.5) is 22.1 Å². The number of carbonyl (C=O) groups is 2. The average Bonchev–Trinajstić information content (AvgIpc) is 3.46. The number of nitrogens with zero attached hydrogens (tertiary/aromatic N) is 4. The van der Waals surface area contributed by atoms with Gasteiger partial charge in [0.25, 0.3) is 5.91 Å². The summed E-state index contributed by atoms with van der Waals surface area (Å²) in [7, 11) is 0. The Kier molecular flexibility index (Phi) is 7.89. The van der Waals surface area contributed by atoms with Gasteiger partial charge in [-0.1, -0.05) is 19.9 Å². The van der Waals surface area contributed by atoms with Gasteiger partial charge in [0.15, 0.2) is 0 Å². The monoisotopic (exact) mass is 556 g/mol. The number of aromatic nitrogens is 2. The molecule has 41 heavy (non-hydrogen) atoms. The Morgan fingerprint density at radius 2 is 1.80 bits per heavy atom. The predicted octanol–water partition coefficient (Wildman–Crippen LogP) is 5.97. The van der Waals surface area contributed by atoms with Crippen LogP contribution in [0.25, 0.3) is 0 Å². The van der Waals surface area contributed by atoms with Crippen LogP contribution in [0.15, 0.2) is 54.9 Å². The molecule has 9 heteroatoms. The van der Waals surface area contributed by atoms with Crippen molar-refractivity contribution in [3.05, 3.63) is 77.1 Å². The molecule has 0 unspecified atom stereocenters. The zero-order chi connectivity index (χ0) is 29.2. The van der Waals surface area contributed by atoms with Gasteiger partial charge in [-0.25, -0.2) is 14.8 Å². The van der Waals surface area contributed by atoms with Crippen molar-refractivity contribution in [3.63, 3.8) is 0 Å². The standard InChI is InChI=1S/C32H40N6O3/c1-31(2,3)41-30(40)38-20-23-18-24(10-11-26(23)32(4,5)21-38)36-29(39)25-9-8-13-34-28(25)35-19-22-12-14-33-27(17-22)37-15-6-7-16-37/h8-14,17-18H,6-7,15-16,19-21H2,1-5H3,(H,34,35)(H,36,39). The quantitative estimate of drug-likeness (QED) is 0.386. The Hall–Kier alpha value is -4.14. The molecule has 1 aromatic carbocycles. The molecule has 3 aromatic rings. The van der Waals surface area contributed by atoms with E-state index < -0.39 is 5.60 Å². The second kappa shape index (κ2) is 11.4. The summed E-state index contributed by atoms with van der Waals surface area (Å²) in [6.07, 6.45) is 5.56. The van der Waals surface area contributed by atoms with E-state index in [4.69, 9.17) is 4.74 Å². The second-order valence-electron chi connectivity index (χ2n) is 12.5. The molecule has 0 saturated carbocycles. The van der Waals surface area contributed by atoms with E-state index in [1.165, 1.54) is 12.8 Å². The Bertz CT molecular complexity index is 1420. The first-order valence-electron chi connectivity index (χ1n) is 14.3. The van der Waals surface area contributed by atoms with Crippen molar-refractivity contribution in [2.45, 2.75) is 71.6 Å². The summed E-state index contributed by atoms with van der Waals surface area (Å²) in [6.45, 7) is 13.4. The SMILES string of the molecule is CC(C)(C)OC(=O)N1Cc2cc(NC(=O)c3cccnc3NCc3ccnc(N4CCCC4)c3)ccc2C(C)(C)C1. The zero-order valence-electron chi connectivity index (χ0n) is 24.7. The molecule has 4 heterocycles. The fourth-order valence-corrected chi connectivity index (χ4v) is 5.55. The van der Waals surface area contributed by atoms with Crippen molar-refractivity contribution in [1.29, 1.82) is 0 Å². The maximum Gasteiger partial charge on any atom is 0.410 e. The maximum absolute atomic E-state index is 13.4. The number of carbonyl (C=O) groups excluding carboxylic acids is 2. The van der Waals surface area contributed by atoms with E-state index in [1.54, 1.807) is 23.2 Å². The van der Waals surface area contributed by atoms with Crippen LogP contribution in [0, 0.1) is 0 Å². The number of fused-ring (bicyclic) bond motifs is 1. The number of hydrogen-bond acceptors (Lipinski definition) is 7. The first-order valence-corrected chi connectivity index (χ1v) is 14.3. The van der Waals surface area contributed by atoms with Crippen LogP contribution in [0.5, 0.6) is 0 Å². The molecule has 0 bridgehead atoms. The topological polar surface area (TPSA) is 99.7 Å².